The Hall–Kier alpha value is -0.193. The van der Waals surface area contributed by atoms with Gasteiger partial charge >= 0.3 is 0 Å². The molecular formula is C6H14O3Si. The molecule has 0 aromatic heterocycles. The van der Waals surface area contributed by atoms with Crippen LogP contribution in [-0.4, -0.2) is 42.2 Å². The molecule has 4 heteroatoms. The van der Waals surface area contributed by atoms with Gasteiger partial charge in [0.25, 0.3) is 0 Å². The van der Waals surface area contributed by atoms with Crippen LogP contribution in [0.15, 0.2) is 0 Å². The normalized spacial score (nSPS) is 13.9. The van der Waals surface area contributed by atoms with Gasteiger partial charge in [-0.05, 0) is 6.92 Å². The summed E-state index contributed by atoms with van der Waals surface area (Å²) in [7, 11) is 3.18. The highest BCUT2D eigenvalue weighted by Gasteiger charge is 2.02. The Labute approximate surface area is 63.8 Å². The molecule has 0 aromatic rings. The molecule has 1 atom stereocenters. The molecule has 3 nitrogen and oxygen atoms in total. The van der Waals surface area contributed by atoms with Crippen molar-refractivity contribution in [2.45, 2.75) is 13.2 Å². The first-order valence-electron chi connectivity index (χ1n) is 3.13. The van der Waals surface area contributed by atoms with Gasteiger partial charge in [0.05, 0.1) is 0 Å². The van der Waals surface area contributed by atoms with Crippen molar-refractivity contribution in [2.24, 2.45) is 0 Å². The van der Waals surface area contributed by atoms with Crippen molar-refractivity contribution in [1.29, 1.82) is 0 Å². The van der Waals surface area contributed by atoms with E-state index in [-0.39, 0.29) is 15.7 Å². The van der Waals surface area contributed by atoms with Crippen molar-refractivity contribution in [1.82, 2.24) is 0 Å². The summed E-state index contributed by atoms with van der Waals surface area (Å²) in [6.45, 7) is 2.46. The third-order valence-electron chi connectivity index (χ3n) is 0.932. The van der Waals surface area contributed by atoms with E-state index in [2.05, 4.69) is 0 Å². The van der Waals surface area contributed by atoms with Gasteiger partial charge < -0.3 is 13.9 Å². The lowest BCUT2D eigenvalue weighted by molar-refractivity contribution is -0.0906. The maximum absolute atomic E-state index is 5.26. The van der Waals surface area contributed by atoms with E-state index in [1.54, 1.807) is 14.2 Å². The van der Waals surface area contributed by atoms with Crippen molar-refractivity contribution in [3.8, 4) is 0 Å². The molecule has 60 valence electrons. The first-order valence-corrected chi connectivity index (χ1v) is 4.27. The van der Waals surface area contributed by atoms with Gasteiger partial charge in [0.1, 0.15) is 6.61 Å². The predicted octanol–water partition coefficient (Wildman–Crippen LogP) is -0.205. The van der Waals surface area contributed by atoms with Gasteiger partial charge in [-0.1, -0.05) is 5.67 Å². The van der Waals surface area contributed by atoms with E-state index in [9.17, 15) is 0 Å². The molecule has 0 rings (SSSR count). The van der Waals surface area contributed by atoms with E-state index in [0.29, 0.717) is 6.61 Å². The number of methoxy groups -OCH3 is 2. The zero-order valence-electron chi connectivity index (χ0n) is 6.66. The molecule has 0 aliphatic carbocycles. The number of hydrogen-bond donors (Lipinski definition) is 0. The molecule has 0 aromatic carbocycles. The SMILES string of the molecule is CC=[SiH]OC(COC)OC. The summed E-state index contributed by atoms with van der Waals surface area (Å²) in [5, 5.41) is 0. The molecule has 0 aliphatic heterocycles. The van der Waals surface area contributed by atoms with Crippen molar-refractivity contribution in [2.75, 3.05) is 20.8 Å². The molecule has 0 amide bonds. The zero-order valence-corrected chi connectivity index (χ0v) is 7.82. The molecule has 1 unspecified atom stereocenters. The van der Waals surface area contributed by atoms with Crippen molar-refractivity contribution in [3.05, 3.63) is 0 Å². The Morgan fingerprint density at radius 3 is 2.60 bits per heavy atom. The molecule has 0 spiro atoms. The summed E-state index contributed by atoms with van der Waals surface area (Å²) in [5.41, 5.74) is 2.00. The summed E-state index contributed by atoms with van der Waals surface area (Å²) < 4.78 is 15.0. The van der Waals surface area contributed by atoms with Crippen molar-refractivity contribution < 1.29 is 13.9 Å². The Morgan fingerprint density at radius 1 is 1.50 bits per heavy atom. The summed E-state index contributed by atoms with van der Waals surface area (Å²) in [6.07, 6.45) is -0.198. The van der Waals surface area contributed by atoms with Crippen molar-refractivity contribution in [3.63, 3.8) is 0 Å². The van der Waals surface area contributed by atoms with Crippen LogP contribution in [0.2, 0.25) is 0 Å². The minimum Gasteiger partial charge on any atom is -0.528 e. The minimum absolute atomic E-state index is 0.0526. The lowest BCUT2D eigenvalue weighted by Crippen LogP contribution is -2.21. The van der Waals surface area contributed by atoms with Gasteiger partial charge in [0.15, 0.2) is 0 Å². The maximum Gasteiger partial charge on any atom is 0.214 e. The molecule has 0 aliphatic rings. The lowest BCUT2D eigenvalue weighted by Gasteiger charge is -2.13. The summed E-state index contributed by atoms with van der Waals surface area (Å²) in [4.78, 5) is 0. The monoisotopic (exact) mass is 162 g/mol. The third-order valence-corrected chi connectivity index (χ3v) is 1.66. The van der Waals surface area contributed by atoms with Crippen LogP contribution in [0.5, 0.6) is 0 Å². The largest absolute Gasteiger partial charge is 0.528 e. The van der Waals surface area contributed by atoms with Crippen LogP contribution in [0.4, 0.5) is 0 Å². The van der Waals surface area contributed by atoms with Crippen LogP contribution < -0.4 is 0 Å². The minimum atomic E-state index is -0.198. The van der Waals surface area contributed by atoms with Gasteiger partial charge in [-0.2, -0.15) is 0 Å². The fraction of sp³-hybridized carbons (Fsp3) is 0.833. The highest BCUT2D eigenvalue weighted by atomic mass is 28.2. The first kappa shape index (κ1) is 9.81. The maximum atomic E-state index is 5.26. The number of rotatable bonds is 5. The molecule has 0 N–H and O–H groups in total. The summed E-state index contributed by atoms with van der Waals surface area (Å²) in [5.74, 6) is 0. The van der Waals surface area contributed by atoms with Crippen LogP contribution in [0, 0.1) is 0 Å². The average Bonchev–Trinajstić information content (AvgIpc) is 1.98. The average molecular weight is 162 g/mol. The third kappa shape index (κ3) is 4.66. The van der Waals surface area contributed by atoms with E-state index < -0.39 is 0 Å². The van der Waals surface area contributed by atoms with Crippen LogP contribution in [0.1, 0.15) is 6.92 Å². The van der Waals surface area contributed by atoms with Gasteiger partial charge in [0, 0.05) is 14.2 Å². The predicted molar refractivity (Wildman–Crippen MR) is 42.6 cm³/mol. The molecule has 0 bridgehead atoms. The molecule has 0 fully saturated rings. The summed E-state index contributed by atoms with van der Waals surface area (Å²) in [6, 6.07) is 0. The van der Waals surface area contributed by atoms with E-state index >= 15 is 0 Å². The Balaban J connectivity index is 3.39. The van der Waals surface area contributed by atoms with E-state index in [1.807, 2.05) is 12.6 Å². The number of ether oxygens (including phenoxy) is 2. The fourth-order valence-electron chi connectivity index (χ4n) is 0.465. The number of hydrogen-bond acceptors (Lipinski definition) is 3. The highest BCUT2D eigenvalue weighted by molar-refractivity contribution is 6.40. The fourth-order valence-corrected chi connectivity index (χ4v) is 0.987. The lowest BCUT2D eigenvalue weighted by atomic mass is 10.7. The van der Waals surface area contributed by atoms with Gasteiger partial charge in [-0.25, -0.2) is 0 Å². The van der Waals surface area contributed by atoms with E-state index in [1.165, 1.54) is 0 Å². The Kier molecular flexibility index (Phi) is 6.79. The van der Waals surface area contributed by atoms with Crippen LogP contribution in [-0.2, 0) is 13.9 Å². The second kappa shape index (κ2) is 6.92. The van der Waals surface area contributed by atoms with Gasteiger partial charge in [-0.15, -0.1) is 0 Å². The van der Waals surface area contributed by atoms with Crippen LogP contribution in [0.3, 0.4) is 0 Å². The molecule has 0 saturated heterocycles. The smallest absolute Gasteiger partial charge is 0.214 e. The highest BCUT2D eigenvalue weighted by Crippen LogP contribution is 1.89. The molecule has 0 saturated carbocycles. The van der Waals surface area contributed by atoms with E-state index in [0.717, 1.165) is 0 Å². The first-order chi connectivity index (χ1) is 4.85. The Bertz CT molecular complexity index is 95.0. The zero-order chi connectivity index (χ0) is 7.82. The van der Waals surface area contributed by atoms with Crippen LogP contribution in [0.25, 0.3) is 0 Å². The molecule has 0 heterocycles. The quantitative estimate of drug-likeness (QED) is 0.414. The standard InChI is InChI=1S/C6H14O3Si/c1-4-10-9-6(8-3)5-7-2/h4,6,10H,5H2,1-3H3. The summed E-state index contributed by atoms with van der Waals surface area (Å²) >= 11 is 0. The topological polar surface area (TPSA) is 27.7 Å². The molecule has 0 radical (unpaired) electrons. The second-order valence-corrected chi connectivity index (χ2v) is 2.94. The Morgan fingerprint density at radius 2 is 2.20 bits per heavy atom. The second-order valence-electron chi connectivity index (χ2n) is 1.73. The van der Waals surface area contributed by atoms with Crippen molar-refractivity contribution >= 4 is 15.0 Å². The van der Waals surface area contributed by atoms with Gasteiger partial charge in [0.2, 0.25) is 15.7 Å². The van der Waals surface area contributed by atoms with Gasteiger partial charge in [-0.3, -0.25) is 0 Å². The molecule has 10 heavy (non-hydrogen) atoms. The van der Waals surface area contributed by atoms with Crippen LogP contribution >= 0.6 is 0 Å². The van der Waals surface area contributed by atoms with E-state index in [4.69, 9.17) is 13.9 Å². The molecular weight excluding hydrogens is 148 g/mol.